The Bertz CT molecular complexity index is 806. The molecule has 0 atom stereocenters. The van der Waals surface area contributed by atoms with Gasteiger partial charge in [-0.1, -0.05) is 45.4 Å². The second-order valence-electron chi connectivity index (χ2n) is 7.20. The van der Waals surface area contributed by atoms with Crippen molar-refractivity contribution in [1.82, 2.24) is 0 Å². The normalized spacial score (nSPS) is 11.3. The summed E-state index contributed by atoms with van der Waals surface area (Å²) in [6, 6.07) is 11.6. The van der Waals surface area contributed by atoms with Crippen LogP contribution < -0.4 is 4.74 Å². The van der Waals surface area contributed by atoms with Crippen LogP contribution in [0, 0.1) is 6.92 Å². The minimum Gasteiger partial charge on any atom is -0.508 e. The van der Waals surface area contributed by atoms with E-state index in [2.05, 4.69) is 20.8 Å². The molecule has 28 heavy (non-hydrogen) atoms. The zero-order valence-corrected chi connectivity index (χ0v) is 17.7. The first kappa shape index (κ1) is 21.8. The molecule has 0 aliphatic carbocycles. The third-order valence-electron chi connectivity index (χ3n) is 5.65. The lowest BCUT2D eigenvalue weighted by molar-refractivity contribution is 0.0595. The van der Waals surface area contributed by atoms with Gasteiger partial charge < -0.3 is 14.6 Å². The molecule has 0 saturated carbocycles. The molecule has 0 aliphatic heterocycles. The highest BCUT2D eigenvalue weighted by Crippen LogP contribution is 2.41. The van der Waals surface area contributed by atoms with E-state index in [1.807, 2.05) is 37.3 Å². The predicted octanol–water partition coefficient (Wildman–Crippen LogP) is 5.77. The van der Waals surface area contributed by atoms with Crippen LogP contribution >= 0.6 is 0 Å². The summed E-state index contributed by atoms with van der Waals surface area (Å²) in [6.45, 7) is 8.87. The molecule has 0 radical (unpaired) electrons. The van der Waals surface area contributed by atoms with Crippen molar-refractivity contribution in [2.24, 2.45) is 0 Å². The molecule has 0 spiro atoms. The summed E-state index contributed by atoms with van der Waals surface area (Å²) in [4.78, 5) is 12.4. The first-order chi connectivity index (χ1) is 13.4. The highest BCUT2D eigenvalue weighted by molar-refractivity contribution is 5.92. The Morgan fingerprint density at radius 3 is 2.25 bits per heavy atom. The van der Waals surface area contributed by atoms with E-state index < -0.39 is 5.97 Å². The molecule has 4 heteroatoms. The van der Waals surface area contributed by atoms with Crippen LogP contribution in [0.5, 0.6) is 11.5 Å². The second-order valence-corrected chi connectivity index (χ2v) is 7.20. The van der Waals surface area contributed by atoms with Crippen molar-refractivity contribution in [3.05, 3.63) is 58.7 Å². The maximum atomic E-state index is 12.4. The van der Waals surface area contributed by atoms with Crippen LogP contribution in [0.15, 0.2) is 36.4 Å². The number of unbranched alkanes of at least 4 members (excludes halogenated alkanes) is 1. The summed E-state index contributed by atoms with van der Waals surface area (Å²) < 4.78 is 10.8. The standard InChI is InChI=1S/C24H32O4/c1-6-9-14-28-22-13-11-19(16-20(22)23(26)27-5)24(7-2,8-3)18-10-12-21(25)17(4)15-18/h10-13,15-16,25H,6-9,14H2,1-5H3. The maximum absolute atomic E-state index is 12.4. The van der Waals surface area contributed by atoms with Crippen molar-refractivity contribution in [3.63, 3.8) is 0 Å². The molecule has 0 fully saturated rings. The molecule has 0 aromatic heterocycles. The van der Waals surface area contributed by atoms with Gasteiger partial charge >= 0.3 is 5.97 Å². The summed E-state index contributed by atoms with van der Waals surface area (Å²) in [5, 5.41) is 9.94. The molecule has 0 unspecified atom stereocenters. The van der Waals surface area contributed by atoms with Crippen molar-refractivity contribution in [2.45, 2.75) is 58.8 Å². The van der Waals surface area contributed by atoms with Crippen LogP contribution in [0.3, 0.4) is 0 Å². The number of hydrogen-bond acceptors (Lipinski definition) is 4. The lowest BCUT2D eigenvalue weighted by Crippen LogP contribution is -2.26. The minimum atomic E-state index is -0.392. The Kier molecular flexibility index (Phi) is 7.50. The van der Waals surface area contributed by atoms with E-state index in [-0.39, 0.29) is 5.41 Å². The number of rotatable bonds is 9. The Hall–Kier alpha value is -2.49. The van der Waals surface area contributed by atoms with Gasteiger partial charge in [-0.15, -0.1) is 0 Å². The number of carbonyl (C=O) groups is 1. The van der Waals surface area contributed by atoms with Gasteiger partial charge in [0, 0.05) is 5.41 Å². The molecule has 0 aliphatic rings. The molecular weight excluding hydrogens is 352 g/mol. The van der Waals surface area contributed by atoms with E-state index in [0.717, 1.165) is 42.4 Å². The summed E-state index contributed by atoms with van der Waals surface area (Å²) in [6.07, 6.45) is 3.69. The van der Waals surface area contributed by atoms with E-state index >= 15 is 0 Å². The van der Waals surface area contributed by atoms with Crippen LogP contribution in [0.1, 0.15) is 73.5 Å². The number of aryl methyl sites for hydroxylation is 1. The van der Waals surface area contributed by atoms with Crippen molar-refractivity contribution in [1.29, 1.82) is 0 Å². The van der Waals surface area contributed by atoms with Crippen molar-refractivity contribution < 1.29 is 19.4 Å². The number of aromatic hydroxyl groups is 1. The van der Waals surface area contributed by atoms with Crippen LogP contribution in [0.4, 0.5) is 0 Å². The van der Waals surface area contributed by atoms with E-state index in [9.17, 15) is 9.90 Å². The summed E-state index contributed by atoms with van der Waals surface area (Å²) in [5.41, 5.74) is 3.21. The molecule has 0 bridgehead atoms. The highest BCUT2D eigenvalue weighted by atomic mass is 16.5. The first-order valence-electron chi connectivity index (χ1n) is 10.1. The van der Waals surface area contributed by atoms with Gasteiger partial charge in [0.05, 0.1) is 13.7 Å². The Morgan fingerprint density at radius 1 is 1.04 bits per heavy atom. The van der Waals surface area contributed by atoms with Crippen LogP contribution in [0.25, 0.3) is 0 Å². The number of esters is 1. The average molecular weight is 385 g/mol. The van der Waals surface area contributed by atoms with Crippen LogP contribution in [0.2, 0.25) is 0 Å². The Labute approximate surface area is 168 Å². The maximum Gasteiger partial charge on any atom is 0.341 e. The molecule has 4 nitrogen and oxygen atoms in total. The van der Waals surface area contributed by atoms with Crippen molar-refractivity contribution >= 4 is 5.97 Å². The molecule has 0 heterocycles. The fraction of sp³-hybridized carbons (Fsp3) is 0.458. The summed E-state index contributed by atoms with van der Waals surface area (Å²) >= 11 is 0. The van der Waals surface area contributed by atoms with E-state index in [4.69, 9.17) is 9.47 Å². The largest absolute Gasteiger partial charge is 0.508 e. The monoisotopic (exact) mass is 384 g/mol. The lowest BCUT2D eigenvalue weighted by atomic mass is 9.70. The number of phenolic OH excluding ortho intramolecular Hbond substituents is 1. The highest BCUT2D eigenvalue weighted by Gasteiger charge is 2.32. The van der Waals surface area contributed by atoms with Gasteiger partial charge in [-0.05, 0) is 61.1 Å². The SMILES string of the molecule is CCCCOc1ccc(C(CC)(CC)c2ccc(O)c(C)c2)cc1C(=O)OC. The zero-order valence-electron chi connectivity index (χ0n) is 17.7. The number of methoxy groups -OCH3 is 1. The molecule has 152 valence electrons. The second kappa shape index (κ2) is 9.63. The smallest absolute Gasteiger partial charge is 0.341 e. The number of carbonyl (C=O) groups excluding carboxylic acids is 1. The van der Waals surface area contributed by atoms with Gasteiger partial charge in [0.15, 0.2) is 0 Å². The van der Waals surface area contributed by atoms with Gasteiger partial charge in [-0.25, -0.2) is 4.79 Å². The lowest BCUT2D eigenvalue weighted by Gasteiger charge is -2.34. The fourth-order valence-corrected chi connectivity index (χ4v) is 3.74. The third kappa shape index (κ3) is 4.32. The number of phenols is 1. The minimum absolute atomic E-state index is 0.261. The molecule has 2 aromatic carbocycles. The van der Waals surface area contributed by atoms with Gasteiger partial charge in [-0.3, -0.25) is 0 Å². The van der Waals surface area contributed by atoms with Gasteiger partial charge in [-0.2, -0.15) is 0 Å². The number of hydrogen-bond donors (Lipinski definition) is 1. The Balaban J connectivity index is 2.57. The molecule has 2 rings (SSSR count). The van der Waals surface area contributed by atoms with E-state index in [1.165, 1.54) is 7.11 Å². The zero-order chi connectivity index (χ0) is 20.7. The fourth-order valence-electron chi connectivity index (χ4n) is 3.74. The van der Waals surface area contributed by atoms with Crippen molar-refractivity contribution in [2.75, 3.05) is 13.7 Å². The van der Waals surface area contributed by atoms with Crippen LogP contribution in [-0.2, 0) is 10.2 Å². The first-order valence-corrected chi connectivity index (χ1v) is 10.1. The molecular formula is C24H32O4. The summed E-state index contributed by atoms with van der Waals surface area (Å²) in [5.74, 6) is 0.461. The van der Waals surface area contributed by atoms with E-state index in [1.54, 1.807) is 6.07 Å². The Morgan fingerprint density at radius 2 is 1.68 bits per heavy atom. The van der Waals surface area contributed by atoms with Gasteiger partial charge in [0.2, 0.25) is 0 Å². The molecule has 0 amide bonds. The third-order valence-corrected chi connectivity index (χ3v) is 5.65. The quantitative estimate of drug-likeness (QED) is 0.440. The number of ether oxygens (including phenoxy) is 2. The van der Waals surface area contributed by atoms with Gasteiger partial charge in [0.25, 0.3) is 0 Å². The predicted molar refractivity (Wildman–Crippen MR) is 112 cm³/mol. The molecule has 2 aromatic rings. The van der Waals surface area contributed by atoms with Crippen molar-refractivity contribution in [3.8, 4) is 11.5 Å². The molecule has 1 N–H and O–H groups in total. The molecule has 0 saturated heterocycles. The van der Waals surface area contributed by atoms with Gasteiger partial charge in [0.1, 0.15) is 17.1 Å². The topological polar surface area (TPSA) is 55.8 Å². The van der Waals surface area contributed by atoms with Crippen LogP contribution in [-0.4, -0.2) is 24.8 Å². The number of benzene rings is 2. The average Bonchev–Trinajstić information content (AvgIpc) is 2.72. The van der Waals surface area contributed by atoms with E-state index in [0.29, 0.717) is 23.7 Å². The summed E-state index contributed by atoms with van der Waals surface area (Å²) in [7, 11) is 1.39.